The molecule has 0 aliphatic heterocycles. The van der Waals surface area contributed by atoms with Gasteiger partial charge in [-0.05, 0) is 11.6 Å². The Balaban J connectivity index is 2.00. The quantitative estimate of drug-likeness (QED) is 0.899. The molecule has 0 aliphatic carbocycles. The molecule has 2 rings (SSSR count). The molecule has 0 saturated carbocycles. The number of hydrogen-bond acceptors (Lipinski definition) is 2. The van der Waals surface area contributed by atoms with Crippen molar-refractivity contribution in [1.29, 1.82) is 0 Å². The Bertz CT molecular complexity index is 505. The molecule has 0 unspecified atom stereocenters. The molecule has 0 fully saturated rings. The smallest absolute Gasteiger partial charge is 0.0674 e. The molecule has 1 aromatic carbocycles. The number of rotatable bonds is 5. The first-order valence-corrected chi connectivity index (χ1v) is 6.51. The number of nitrogens with zero attached hydrogens (tertiary/aromatic N) is 2. The summed E-state index contributed by atoms with van der Waals surface area (Å²) in [7, 11) is 0. The zero-order chi connectivity index (χ0) is 13.0. The fraction of sp³-hybridized carbons (Fsp3) is 0.357. The molecule has 3 nitrogen and oxygen atoms in total. The standard InChI is InChI=1S/C14H18ClN3/c1-11(2)16-7-12-8-17-18(9-12)10-13-5-3-4-6-14(13)15/h3-6,8-9,11,16H,7,10H2,1-2H3. The molecule has 1 heterocycles. The minimum Gasteiger partial charge on any atom is -0.310 e. The van der Waals surface area contributed by atoms with E-state index in [0.717, 1.165) is 17.1 Å². The van der Waals surface area contributed by atoms with Crippen molar-refractivity contribution in [2.24, 2.45) is 0 Å². The SMILES string of the molecule is CC(C)NCc1cnn(Cc2ccccc2Cl)c1. The minimum absolute atomic E-state index is 0.483. The highest BCUT2D eigenvalue weighted by Crippen LogP contribution is 2.16. The second-order valence-corrected chi connectivity index (χ2v) is 5.08. The molecule has 0 radical (unpaired) electrons. The van der Waals surface area contributed by atoms with Crippen LogP contribution in [-0.4, -0.2) is 15.8 Å². The van der Waals surface area contributed by atoms with Crippen LogP contribution in [0.2, 0.25) is 5.02 Å². The van der Waals surface area contributed by atoms with Gasteiger partial charge in [0.25, 0.3) is 0 Å². The van der Waals surface area contributed by atoms with Crippen LogP contribution in [0.25, 0.3) is 0 Å². The lowest BCUT2D eigenvalue weighted by Crippen LogP contribution is -2.21. The van der Waals surface area contributed by atoms with Crippen LogP contribution in [-0.2, 0) is 13.1 Å². The summed E-state index contributed by atoms with van der Waals surface area (Å²) in [5.41, 5.74) is 2.28. The predicted molar refractivity (Wildman–Crippen MR) is 74.8 cm³/mol. The van der Waals surface area contributed by atoms with Gasteiger partial charge in [0, 0.05) is 29.4 Å². The summed E-state index contributed by atoms with van der Waals surface area (Å²) in [6, 6.07) is 8.34. The van der Waals surface area contributed by atoms with Crippen LogP contribution in [0.1, 0.15) is 25.0 Å². The van der Waals surface area contributed by atoms with E-state index in [9.17, 15) is 0 Å². The van der Waals surface area contributed by atoms with Crippen molar-refractivity contribution >= 4 is 11.6 Å². The lowest BCUT2D eigenvalue weighted by molar-refractivity contribution is 0.588. The van der Waals surface area contributed by atoms with Crippen LogP contribution in [0.5, 0.6) is 0 Å². The summed E-state index contributed by atoms with van der Waals surface area (Å²) in [6.45, 7) is 5.82. The number of nitrogens with one attached hydrogen (secondary N) is 1. The van der Waals surface area contributed by atoms with Gasteiger partial charge in [-0.3, -0.25) is 4.68 Å². The van der Waals surface area contributed by atoms with Gasteiger partial charge in [-0.25, -0.2) is 0 Å². The zero-order valence-corrected chi connectivity index (χ0v) is 11.5. The van der Waals surface area contributed by atoms with Gasteiger partial charge in [0.2, 0.25) is 0 Å². The Hall–Kier alpha value is -1.32. The van der Waals surface area contributed by atoms with Gasteiger partial charge in [-0.15, -0.1) is 0 Å². The summed E-state index contributed by atoms with van der Waals surface area (Å²) in [4.78, 5) is 0. The third kappa shape index (κ3) is 3.59. The molecule has 0 amide bonds. The third-order valence-corrected chi connectivity index (χ3v) is 3.06. The summed E-state index contributed by atoms with van der Waals surface area (Å²) >= 11 is 6.13. The lowest BCUT2D eigenvalue weighted by Gasteiger charge is -2.05. The normalized spacial score (nSPS) is 11.1. The first-order chi connectivity index (χ1) is 8.65. The summed E-state index contributed by atoms with van der Waals surface area (Å²) in [5.74, 6) is 0. The second kappa shape index (κ2) is 6.03. The maximum absolute atomic E-state index is 6.13. The van der Waals surface area contributed by atoms with Crippen molar-refractivity contribution in [1.82, 2.24) is 15.1 Å². The minimum atomic E-state index is 0.483. The van der Waals surface area contributed by atoms with Gasteiger partial charge in [-0.2, -0.15) is 5.10 Å². The lowest BCUT2D eigenvalue weighted by atomic mass is 10.2. The number of hydrogen-bond donors (Lipinski definition) is 1. The number of benzene rings is 1. The van der Waals surface area contributed by atoms with Gasteiger partial charge < -0.3 is 5.32 Å². The Morgan fingerprint density at radius 3 is 2.83 bits per heavy atom. The first kappa shape index (κ1) is 13.1. The highest BCUT2D eigenvalue weighted by Gasteiger charge is 2.03. The average molecular weight is 264 g/mol. The van der Waals surface area contributed by atoms with Crippen LogP contribution in [0.15, 0.2) is 36.7 Å². The van der Waals surface area contributed by atoms with E-state index in [1.165, 1.54) is 5.56 Å². The first-order valence-electron chi connectivity index (χ1n) is 6.13. The average Bonchev–Trinajstić information content (AvgIpc) is 2.77. The van der Waals surface area contributed by atoms with E-state index in [2.05, 4.69) is 30.5 Å². The highest BCUT2D eigenvalue weighted by molar-refractivity contribution is 6.31. The van der Waals surface area contributed by atoms with Crippen molar-refractivity contribution in [2.75, 3.05) is 0 Å². The molecule has 0 aliphatic rings. The Morgan fingerprint density at radius 1 is 1.33 bits per heavy atom. The van der Waals surface area contributed by atoms with Crippen LogP contribution >= 0.6 is 11.6 Å². The Morgan fingerprint density at radius 2 is 2.11 bits per heavy atom. The van der Waals surface area contributed by atoms with Crippen molar-refractivity contribution < 1.29 is 0 Å². The van der Waals surface area contributed by atoms with Crippen LogP contribution in [0.3, 0.4) is 0 Å². The summed E-state index contributed by atoms with van der Waals surface area (Å²) in [6.07, 6.45) is 3.95. The van der Waals surface area contributed by atoms with Gasteiger partial charge in [0.05, 0.1) is 12.7 Å². The van der Waals surface area contributed by atoms with E-state index < -0.39 is 0 Å². The number of aromatic nitrogens is 2. The van der Waals surface area contributed by atoms with Crippen LogP contribution < -0.4 is 5.32 Å². The molecule has 0 bridgehead atoms. The largest absolute Gasteiger partial charge is 0.310 e. The molecule has 18 heavy (non-hydrogen) atoms. The van der Waals surface area contributed by atoms with Crippen molar-refractivity contribution in [2.45, 2.75) is 33.0 Å². The van der Waals surface area contributed by atoms with Crippen LogP contribution in [0.4, 0.5) is 0 Å². The highest BCUT2D eigenvalue weighted by atomic mass is 35.5. The van der Waals surface area contributed by atoms with Gasteiger partial charge >= 0.3 is 0 Å². The molecule has 1 N–H and O–H groups in total. The molecule has 0 atom stereocenters. The maximum atomic E-state index is 6.13. The fourth-order valence-electron chi connectivity index (χ4n) is 1.71. The van der Waals surface area contributed by atoms with E-state index in [-0.39, 0.29) is 0 Å². The van der Waals surface area contributed by atoms with E-state index in [1.807, 2.05) is 35.1 Å². The Labute approximate surface area is 113 Å². The van der Waals surface area contributed by atoms with Gasteiger partial charge in [0.1, 0.15) is 0 Å². The van der Waals surface area contributed by atoms with Crippen molar-refractivity contribution in [3.63, 3.8) is 0 Å². The second-order valence-electron chi connectivity index (χ2n) is 4.67. The predicted octanol–water partition coefficient (Wildman–Crippen LogP) is 3.08. The van der Waals surface area contributed by atoms with E-state index >= 15 is 0 Å². The third-order valence-electron chi connectivity index (χ3n) is 2.69. The van der Waals surface area contributed by atoms with Crippen molar-refractivity contribution in [3.05, 3.63) is 52.8 Å². The fourth-order valence-corrected chi connectivity index (χ4v) is 1.90. The molecular weight excluding hydrogens is 246 g/mol. The van der Waals surface area contributed by atoms with Gasteiger partial charge in [0.15, 0.2) is 0 Å². The summed E-state index contributed by atoms with van der Waals surface area (Å²) in [5, 5.41) is 8.51. The molecule has 0 saturated heterocycles. The van der Waals surface area contributed by atoms with E-state index in [1.54, 1.807) is 0 Å². The van der Waals surface area contributed by atoms with E-state index in [4.69, 9.17) is 11.6 Å². The Kier molecular flexibility index (Phi) is 4.39. The molecule has 2 aromatic rings. The number of halogens is 1. The monoisotopic (exact) mass is 263 g/mol. The van der Waals surface area contributed by atoms with E-state index in [0.29, 0.717) is 12.6 Å². The molecule has 0 spiro atoms. The molecule has 1 aromatic heterocycles. The molecule has 96 valence electrons. The zero-order valence-electron chi connectivity index (χ0n) is 10.7. The van der Waals surface area contributed by atoms with Gasteiger partial charge in [-0.1, -0.05) is 43.6 Å². The molecular formula is C14H18ClN3. The van der Waals surface area contributed by atoms with Crippen molar-refractivity contribution in [3.8, 4) is 0 Å². The summed E-state index contributed by atoms with van der Waals surface area (Å²) < 4.78 is 1.92. The van der Waals surface area contributed by atoms with Crippen LogP contribution in [0, 0.1) is 0 Å². The molecule has 4 heteroatoms. The topological polar surface area (TPSA) is 29.9 Å². The maximum Gasteiger partial charge on any atom is 0.0674 e.